The summed E-state index contributed by atoms with van der Waals surface area (Å²) in [6, 6.07) is 9.71. The molecule has 1 aromatic rings. The van der Waals surface area contributed by atoms with Crippen LogP contribution in [-0.4, -0.2) is 24.0 Å². The number of hydrogen-bond donors (Lipinski definition) is 1. The lowest BCUT2D eigenvalue weighted by Gasteiger charge is -2.39. The van der Waals surface area contributed by atoms with Gasteiger partial charge < -0.3 is 5.73 Å². The fourth-order valence-corrected chi connectivity index (χ4v) is 3.95. The van der Waals surface area contributed by atoms with Gasteiger partial charge in [0.1, 0.15) is 0 Å². The second-order valence-electron chi connectivity index (χ2n) is 6.19. The molecule has 3 rings (SSSR count). The molecule has 1 aromatic carbocycles. The normalized spacial score (nSPS) is 28.7. The van der Waals surface area contributed by atoms with E-state index in [0.29, 0.717) is 0 Å². The van der Waals surface area contributed by atoms with Gasteiger partial charge in [0.2, 0.25) is 0 Å². The SMILES string of the molecule is NCC1CCCCC1N1CCCc2ccccc2C1. The molecule has 0 bridgehead atoms. The van der Waals surface area contributed by atoms with Crippen LogP contribution in [0.1, 0.15) is 43.2 Å². The molecule has 1 aliphatic heterocycles. The van der Waals surface area contributed by atoms with E-state index in [1.54, 1.807) is 11.1 Å². The molecule has 104 valence electrons. The quantitative estimate of drug-likeness (QED) is 0.883. The number of nitrogens with two attached hydrogens (primary N) is 1. The number of rotatable bonds is 2. The van der Waals surface area contributed by atoms with Gasteiger partial charge in [-0.3, -0.25) is 4.90 Å². The molecule has 1 saturated carbocycles. The standard InChI is InChI=1S/C17H26N2/c18-12-15-7-3-4-10-17(15)19-11-5-9-14-6-1-2-8-16(14)13-19/h1-2,6,8,15,17H,3-5,7,9-13,18H2. The van der Waals surface area contributed by atoms with E-state index < -0.39 is 0 Å². The summed E-state index contributed by atoms with van der Waals surface area (Å²) in [7, 11) is 0. The molecular formula is C17H26N2. The van der Waals surface area contributed by atoms with Gasteiger partial charge in [-0.15, -0.1) is 0 Å². The average molecular weight is 258 g/mol. The van der Waals surface area contributed by atoms with Crippen LogP contribution in [0.15, 0.2) is 24.3 Å². The van der Waals surface area contributed by atoms with Gasteiger partial charge in [-0.1, -0.05) is 37.1 Å². The van der Waals surface area contributed by atoms with Crippen LogP contribution in [0.2, 0.25) is 0 Å². The van der Waals surface area contributed by atoms with Gasteiger partial charge in [-0.05, 0) is 55.8 Å². The van der Waals surface area contributed by atoms with Crippen LogP contribution in [0.5, 0.6) is 0 Å². The lowest BCUT2D eigenvalue weighted by Crippen LogP contribution is -2.44. The maximum Gasteiger partial charge on any atom is 0.0239 e. The van der Waals surface area contributed by atoms with Crippen LogP contribution in [0.4, 0.5) is 0 Å². The van der Waals surface area contributed by atoms with Crippen LogP contribution in [0.25, 0.3) is 0 Å². The van der Waals surface area contributed by atoms with Gasteiger partial charge in [0.25, 0.3) is 0 Å². The first-order chi connectivity index (χ1) is 9.38. The van der Waals surface area contributed by atoms with E-state index in [9.17, 15) is 0 Å². The zero-order valence-electron chi connectivity index (χ0n) is 11.9. The van der Waals surface area contributed by atoms with E-state index in [1.165, 1.54) is 45.1 Å². The lowest BCUT2D eigenvalue weighted by atomic mass is 9.83. The highest BCUT2D eigenvalue weighted by Gasteiger charge is 2.30. The van der Waals surface area contributed by atoms with Crippen molar-refractivity contribution >= 4 is 0 Å². The first-order valence-electron chi connectivity index (χ1n) is 7.89. The third kappa shape index (κ3) is 2.85. The molecule has 1 heterocycles. The maximum atomic E-state index is 6.01. The summed E-state index contributed by atoms with van der Waals surface area (Å²) in [5.74, 6) is 0.721. The third-order valence-corrected chi connectivity index (χ3v) is 5.02. The summed E-state index contributed by atoms with van der Waals surface area (Å²) in [5.41, 5.74) is 9.11. The Morgan fingerprint density at radius 2 is 1.84 bits per heavy atom. The molecule has 2 N–H and O–H groups in total. The van der Waals surface area contributed by atoms with Crippen molar-refractivity contribution < 1.29 is 0 Å². The molecule has 1 fully saturated rings. The summed E-state index contributed by atoms with van der Waals surface area (Å²) in [5, 5.41) is 0. The maximum absolute atomic E-state index is 6.01. The number of nitrogens with zero attached hydrogens (tertiary/aromatic N) is 1. The predicted molar refractivity (Wildman–Crippen MR) is 80.0 cm³/mol. The molecule has 2 nitrogen and oxygen atoms in total. The minimum absolute atomic E-state index is 0.721. The number of benzene rings is 1. The molecular weight excluding hydrogens is 232 g/mol. The molecule has 2 aliphatic rings. The first-order valence-corrected chi connectivity index (χ1v) is 7.89. The van der Waals surface area contributed by atoms with Gasteiger partial charge >= 0.3 is 0 Å². The average Bonchev–Trinajstić information content (AvgIpc) is 2.69. The Morgan fingerprint density at radius 1 is 1.05 bits per heavy atom. The van der Waals surface area contributed by atoms with Crippen LogP contribution >= 0.6 is 0 Å². The predicted octanol–water partition coefficient (Wildman–Crippen LogP) is 2.95. The minimum Gasteiger partial charge on any atom is -0.330 e. The number of fused-ring (bicyclic) bond motifs is 1. The van der Waals surface area contributed by atoms with E-state index in [1.807, 2.05) is 0 Å². The highest BCUT2D eigenvalue weighted by molar-refractivity contribution is 5.28. The fraction of sp³-hybridized carbons (Fsp3) is 0.647. The van der Waals surface area contributed by atoms with Crippen LogP contribution in [-0.2, 0) is 13.0 Å². The summed E-state index contributed by atoms with van der Waals surface area (Å²) in [6.07, 6.45) is 7.99. The lowest BCUT2D eigenvalue weighted by molar-refractivity contribution is 0.101. The van der Waals surface area contributed by atoms with Gasteiger partial charge in [0.05, 0.1) is 0 Å². The summed E-state index contributed by atoms with van der Waals surface area (Å²) in [6.45, 7) is 3.25. The third-order valence-electron chi connectivity index (χ3n) is 5.02. The fourth-order valence-electron chi connectivity index (χ4n) is 3.95. The van der Waals surface area contributed by atoms with Gasteiger partial charge in [-0.25, -0.2) is 0 Å². The van der Waals surface area contributed by atoms with E-state index >= 15 is 0 Å². The van der Waals surface area contributed by atoms with Crippen LogP contribution < -0.4 is 5.73 Å². The van der Waals surface area contributed by atoms with Crippen molar-refractivity contribution in [2.45, 2.75) is 51.1 Å². The Labute approximate surface area is 117 Å². The second kappa shape index (κ2) is 6.06. The minimum atomic E-state index is 0.721. The smallest absolute Gasteiger partial charge is 0.0239 e. The Kier molecular flexibility index (Phi) is 4.19. The molecule has 0 radical (unpaired) electrons. The molecule has 0 amide bonds. The van der Waals surface area contributed by atoms with Crippen molar-refractivity contribution in [2.24, 2.45) is 11.7 Å². The number of aryl methyl sites for hydroxylation is 1. The summed E-state index contributed by atoms with van der Waals surface area (Å²) >= 11 is 0. The van der Waals surface area contributed by atoms with Crippen molar-refractivity contribution in [3.05, 3.63) is 35.4 Å². The van der Waals surface area contributed by atoms with E-state index in [4.69, 9.17) is 5.73 Å². The molecule has 0 saturated heterocycles. The van der Waals surface area contributed by atoms with Crippen LogP contribution in [0, 0.1) is 5.92 Å². The zero-order valence-corrected chi connectivity index (χ0v) is 11.9. The highest BCUT2D eigenvalue weighted by Crippen LogP contribution is 2.31. The van der Waals surface area contributed by atoms with Gasteiger partial charge in [-0.2, -0.15) is 0 Å². The molecule has 0 spiro atoms. The van der Waals surface area contributed by atoms with Crippen molar-refractivity contribution in [1.29, 1.82) is 0 Å². The first kappa shape index (κ1) is 13.1. The Hall–Kier alpha value is -0.860. The molecule has 2 atom stereocenters. The number of hydrogen-bond acceptors (Lipinski definition) is 2. The van der Waals surface area contributed by atoms with E-state index in [0.717, 1.165) is 25.0 Å². The van der Waals surface area contributed by atoms with Crippen LogP contribution in [0.3, 0.4) is 0 Å². The monoisotopic (exact) mass is 258 g/mol. The summed E-state index contributed by atoms with van der Waals surface area (Å²) in [4.78, 5) is 2.72. The molecule has 1 aliphatic carbocycles. The molecule has 2 heteroatoms. The summed E-state index contributed by atoms with van der Waals surface area (Å²) < 4.78 is 0. The van der Waals surface area contributed by atoms with Crippen molar-refractivity contribution in [2.75, 3.05) is 13.1 Å². The molecule has 2 unspecified atom stereocenters. The van der Waals surface area contributed by atoms with E-state index in [2.05, 4.69) is 29.2 Å². The Morgan fingerprint density at radius 3 is 2.68 bits per heavy atom. The highest BCUT2D eigenvalue weighted by atomic mass is 15.2. The van der Waals surface area contributed by atoms with E-state index in [-0.39, 0.29) is 0 Å². The largest absolute Gasteiger partial charge is 0.330 e. The van der Waals surface area contributed by atoms with Crippen molar-refractivity contribution in [3.8, 4) is 0 Å². The molecule has 19 heavy (non-hydrogen) atoms. The van der Waals surface area contributed by atoms with Crippen molar-refractivity contribution in [3.63, 3.8) is 0 Å². The zero-order chi connectivity index (χ0) is 13.1. The Balaban J connectivity index is 1.78. The Bertz CT molecular complexity index is 415. The second-order valence-corrected chi connectivity index (χ2v) is 6.19. The van der Waals surface area contributed by atoms with Crippen molar-refractivity contribution in [1.82, 2.24) is 4.90 Å². The van der Waals surface area contributed by atoms with Gasteiger partial charge in [0.15, 0.2) is 0 Å². The topological polar surface area (TPSA) is 29.3 Å². The molecule has 0 aromatic heterocycles. The van der Waals surface area contributed by atoms with Gasteiger partial charge in [0, 0.05) is 12.6 Å².